The van der Waals surface area contributed by atoms with E-state index in [0.717, 1.165) is 0 Å². The van der Waals surface area contributed by atoms with Crippen LogP contribution in [0.5, 0.6) is 5.75 Å². The fourth-order valence-corrected chi connectivity index (χ4v) is 2.29. The number of ether oxygens (including phenoxy) is 1. The molecule has 0 radical (unpaired) electrons. The normalized spacial score (nSPS) is 20.7. The molecule has 1 amide bonds. The molecule has 4 nitrogen and oxygen atoms in total. The Morgan fingerprint density at radius 3 is 2.95 bits per heavy atom. The van der Waals surface area contributed by atoms with Crippen LogP contribution in [0.15, 0.2) is 18.2 Å². The standard InChI is InChI=1S/C13H15ClF2N2O2/c1-20-11-3-2-9(14)4-8(11)6-17-12(19)10-5-13(15,16)7-18-10/h2-4,10,18H,5-7H2,1H3,(H,17,19). The Kier molecular flexibility index (Phi) is 4.45. The molecule has 1 fully saturated rings. The predicted octanol–water partition coefficient (Wildman–Crippen LogP) is 1.96. The van der Waals surface area contributed by atoms with E-state index in [1.54, 1.807) is 18.2 Å². The van der Waals surface area contributed by atoms with E-state index >= 15 is 0 Å². The molecular formula is C13H15ClF2N2O2. The van der Waals surface area contributed by atoms with Crippen molar-refractivity contribution in [3.63, 3.8) is 0 Å². The second-order valence-corrected chi connectivity index (χ2v) is 5.10. The van der Waals surface area contributed by atoms with Crippen LogP contribution in [0, 0.1) is 0 Å². The molecule has 0 aliphatic carbocycles. The fourth-order valence-electron chi connectivity index (χ4n) is 2.09. The van der Waals surface area contributed by atoms with Crippen molar-refractivity contribution in [1.29, 1.82) is 0 Å². The highest BCUT2D eigenvalue weighted by molar-refractivity contribution is 6.30. The number of methoxy groups -OCH3 is 1. The SMILES string of the molecule is COc1ccc(Cl)cc1CNC(=O)C1CC(F)(F)CN1. The molecule has 1 aliphatic heterocycles. The number of alkyl halides is 2. The van der Waals surface area contributed by atoms with Crippen LogP contribution in [-0.2, 0) is 11.3 Å². The molecule has 20 heavy (non-hydrogen) atoms. The minimum atomic E-state index is -2.82. The molecule has 0 bridgehead atoms. The van der Waals surface area contributed by atoms with Gasteiger partial charge in [-0.3, -0.25) is 10.1 Å². The summed E-state index contributed by atoms with van der Waals surface area (Å²) < 4.78 is 31.2. The number of carbonyl (C=O) groups is 1. The summed E-state index contributed by atoms with van der Waals surface area (Å²) in [5.41, 5.74) is 0.693. The van der Waals surface area contributed by atoms with Crippen molar-refractivity contribution < 1.29 is 18.3 Å². The van der Waals surface area contributed by atoms with E-state index < -0.39 is 30.8 Å². The predicted molar refractivity (Wildman–Crippen MR) is 71.2 cm³/mol. The second-order valence-electron chi connectivity index (χ2n) is 4.67. The molecule has 0 saturated carbocycles. The lowest BCUT2D eigenvalue weighted by Crippen LogP contribution is -2.40. The first kappa shape index (κ1) is 15.0. The lowest BCUT2D eigenvalue weighted by atomic mass is 10.1. The maximum Gasteiger partial charge on any atom is 0.262 e. The second kappa shape index (κ2) is 5.93. The number of benzene rings is 1. The molecule has 2 rings (SSSR count). The molecule has 1 aliphatic rings. The monoisotopic (exact) mass is 304 g/mol. The third kappa shape index (κ3) is 3.58. The summed E-state index contributed by atoms with van der Waals surface area (Å²) >= 11 is 5.87. The van der Waals surface area contributed by atoms with Gasteiger partial charge in [0.15, 0.2) is 0 Å². The fraction of sp³-hybridized carbons (Fsp3) is 0.462. The molecule has 0 spiro atoms. The van der Waals surface area contributed by atoms with Crippen LogP contribution in [0.2, 0.25) is 5.02 Å². The smallest absolute Gasteiger partial charge is 0.262 e. The van der Waals surface area contributed by atoms with Gasteiger partial charge in [-0.25, -0.2) is 8.78 Å². The van der Waals surface area contributed by atoms with Crippen LogP contribution < -0.4 is 15.4 Å². The Hall–Kier alpha value is -1.40. The summed E-state index contributed by atoms with van der Waals surface area (Å²) in [7, 11) is 1.51. The van der Waals surface area contributed by atoms with E-state index in [9.17, 15) is 13.6 Å². The number of halogens is 3. The van der Waals surface area contributed by atoms with Crippen LogP contribution in [0.1, 0.15) is 12.0 Å². The van der Waals surface area contributed by atoms with E-state index in [0.29, 0.717) is 16.3 Å². The van der Waals surface area contributed by atoms with Gasteiger partial charge in [0.25, 0.3) is 5.92 Å². The van der Waals surface area contributed by atoms with Crippen molar-refractivity contribution in [2.45, 2.75) is 24.9 Å². The first-order valence-electron chi connectivity index (χ1n) is 6.12. The first-order chi connectivity index (χ1) is 9.41. The summed E-state index contributed by atoms with van der Waals surface area (Å²) in [6, 6.07) is 4.16. The van der Waals surface area contributed by atoms with Gasteiger partial charge in [0, 0.05) is 23.6 Å². The Labute approximate surface area is 120 Å². The molecule has 7 heteroatoms. The Morgan fingerprint density at radius 1 is 1.60 bits per heavy atom. The highest BCUT2D eigenvalue weighted by Gasteiger charge is 2.42. The van der Waals surface area contributed by atoms with Crippen molar-refractivity contribution >= 4 is 17.5 Å². The summed E-state index contributed by atoms with van der Waals surface area (Å²) in [6.07, 6.45) is -0.481. The summed E-state index contributed by atoms with van der Waals surface area (Å²) in [6.45, 7) is -0.294. The quantitative estimate of drug-likeness (QED) is 0.894. The van der Waals surface area contributed by atoms with Gasteiger partial charge in [0.1, 0.15) is 5.75 Å². The molecule has 0 aromatic heterocycles. The Morgan fingerprint density at radius 2 is 2.35 bits per heavy atom. The van der Waals surface area contributed by atoms with E-state index in [1.807, 2.05) is 0 Å². The summed E-state index contributed by atoms with van der Waals surface area (Å²) in [5, 5.41) is 5.63. The zero-order valence-electron chi connectivity index (χ0n) is 10.9. The van der Waals surface area contributed by atoms with E-state index in [1.165, 1.54) is 7.11 Å². The van der Waals surface area contributed by atoms with Crippen molar-refractivity contribution in [3.8, 4) is 5.75 Å². The van der Waals surface area contributed by atoms with Crippen LogP contribution in [-0.4, -0.2) is 31.5 Å². The van der Waals surface area contributed by atoms with E-state index in [-0.39, 0.29) is 6.54 Å². The Balaban J connectivity index is 1.95. The van der Waals surface area contributed by atoms with Crippen LogP contribution in [0.4, 0.5) is 8.78 Å². The third-order valence-electron chi connectivity index (χ3n) is 3.12. The Bertz CT molecular complexity index is 511. The lowest BCUT2D eigenvalue weighted by molar-refractivity contribution is -0.123. The van der Waals surface area contributed by atoms with Gasteiger partial charge in [-0.2, -0.15) is 0 Å². The highest BCUT2D eigenvalue weighted by atomic mass is 35.5. The zero-order valence-corrected chi connectivity index (χ0v) is 11.6. The molecule has 1 heterocycles. The molecule has 1 unspecified atom stereocenters. The number of hydrogen-bond acceptors (Lipinski definition) is 3. The first-order valence-corrected chi connectivity index (χ1v) is 6.50. The van der Waals surface area contributed by atoms with Crippen LogP contribution >= 0.6 is 11.6 Å². The molecular weight excluding hydrogens is 290 g/mol. The van der Waals surface area contributed by atoms with Gasteiger partial charge in [0.05, 0.1) is 19.7 Å². The minimum Gasteiger partial charge on any atom is -0.496 e. The van der Waals surface area contributed by atoms with E-state index in [4.69, 9.17) is 16.3 Å². The average Bonchev–Trinajstić information content (AvgIpc) is 2.76. The molecule has 1 atom stereocenters. The van der Waals surface area contributed by atoms with Crippen molar-refractivity contribution in [3.05, 3.63) is 28.8 Å². The summed E-state index contributed by atoms with van der Waals surface area (Å²) in [4.78, 5) is 11.8. The number of nitrogens with one attached hydrogen (secondary N) is 2. The number of carbonyl (C=O) groups excluding carboxylic acids is 1. The zero-order chi connectivity index (χ0) is 14.8. The van der Waals surface area contributed by atoms with Gasteiger partial charge in [0.2, 0.25) is 5.91 Å². The maximum atomic E-state index is 13.0. The third-order valence-corrected chi connectivity index (χ3v) is 3.36. The van der Waals surface area contributed by atoms with Gasteiger partial charge in [-0.15, -0.1) is 0 Å². The summed E-state index contributed by atoms with van der Waals surface area (Å²) in [5.74, 6) is -2.70. The molecule has 1 saturated heterocycles. The largest absolute Gasteiger partial charge is 0.496 e. The van der Waals surface area contributed by atoms with Gasteiger partial charge in [-0.05, 0) is 18.2 Å². The van der Waals surface area contributed by atoms with Gasteiger partial charge < -0.3 is 10.1 Å². The van der Waals surface area contributed by atoms with Crippen molar-refractivity contribution in [2.24, 2.45) is 0 Å². The molecule has 110 valence electrons. The molecule has 2 N–H and O–H groups in total. The number of rotatable bonds is 4. The molecule has 1 aromatic rings. The number of amides is 1. The van der Waals surface area contributed by atoms with Crippen LogP contribution in [0.25, 0.3) is 0 Å². The number of hydrogen-bond donors (Lipinski definition) is 2. The van der Waals surface area contributed by atoms with Crippen molar-refractivity contribution in [2.75, 3.05) is 13.7 Å². The van der Waals surface area contributed by atoms with Gasteiger partial charge >= 0.3 is 0 Å². The minimum absolute atomic E-state index is 0.173. The van der Waals surface area contributed by atoms with E-state index in [2.05, 4.69) is 10.6 Å². The highest BCUT2D eigenvalue weighted by Crippen LogP contribution is 2.26. The topological polar surface area (TPSA) is 50.4 Å². The van der Waals surface area contributed by atoms with Crippen molar-refractivity contribution in [1.82, 2.24) is 10.6 Å². The van der Waals surface area contributed by atoms with Crippen LogP contribution in [0.3, 0.4) is 0 Å². The maximum absolute atomic E-state index is 13.0. The van der Waals surface area contributed by atoms with Gasteiger partial charge in [-0.1, -0.05) is 11.6 Å². The lowest BCUT2D eigenvalue weighted by Gasteiger charge is -2.13. The molecule has 1 aromatic carbocycles. The average molecular weight is 305 g/mol.